The van der Waals surface area contributed by atoms with Crippen molar-refractivity contribution in [2.75, 3.05) is 0 Å². The van der Waals surface area contributed by atoms with Crippen LogP contribution >= 0.6 is 0 Å². The molecule has 36 heavy (non-hydrogen) atoms. The lowest BCUT2D eigenvalue weighted by molar-refractivity contribution is 0.660. The molecule has 1 aliphatic carbocycles. The third kappa shape index (κ3) is 3.78. The first-order valence-electron chi connectivity index (χ1n) is 13.0. The third-order valence-electron chi connectivity index (χ3n) is 7.91. The van der Waals surface area contributed by atoms with E-state index in [2.05, 4.69) is 143 Å². The molecule has 0 nitrogen and oxygen atoms in total. The van der Waals surface area contributed by atoms with Gasteiger partial charge in [-0.2, -0.15) is 0 Å². The summed E-state index contributed by atoms with van der Waals surface area (Å²) in [7, 11) is 0. The van der Waals surface area contributed by atoms with Crippen LogP contribution in [-0.2, 0) is 5.41 Å². The summed E-state index contributed by atoms with van der Waals surface area (Å²) in [5.41, 5.74) is 14.5. The van der Waals surface area contributed by atoms with Gasteiger partial charge in [0, 0.05) is 5.41 Å². The first-order chi connectivity index (χ1) is 17.4. The molecule has 0 bridgehead atoms. The van der Waals surface area contributed by atoms with Crippen molar-refractivity contribution in [1.29, 1.82) is 0 Å². The standard InChI is InChI=1S/C36H32/c1-24(2)25-12-14-26(15-13-25)27-16-18-28(19-17-27)29-8-7-9-30(22-29)31-20-21-33-32-10-5-6-11-34(32)36(3,4)35(33)23-31/h5-24H,1-4H3. The highest BCUT2D eigenvalue weighted by Crippen LogP contribution is 2.49. The Morgan fingerprint density at radius 2 is 0.944 bits per heavy atom. The van der Waals surface area contributed by atoms with Gasteiger partial charge < -0.3 is 0 Å². The monoisotopic (exact) mass is 464 g/mol. The number of benzene rings is 5. The molecule has 0 aliphatic heterocycles. The summed E-state index contributed by atoms with van der Waals surface area (Å²) in [4.78, 5) is 0. The normalized spacial score (nSPS) is 13.5. The van der Waals surface area contributed by atoms with Crippen molar-refractivity contribution in [3.05, 3.63) is 132 Å². The highest BCUT2D eigenvalue weighted by molar-refractivity contribution is 5.84. The van der Waals surface area contributed by atoms with Crippen molar-refractivity contribution in [2.45, 2.75) is 39.0 Å². The van der Waals surface area contributed by atoms with Crippen LogP contribution in [0.15, 0.2) is 115 Å². The van der Waals surface area contributed by atoms with E-state index in [0.717, 1.165) is 0 Å². The molecule has 0 saturated heterocycles. The SMILES string of the molecule is CC(C)c1ccc(-c2ccc(-c3cccc(-c4ccc5c(c4)C(C)(C)c4ccccc4-5)c3)cc2)cc1. The fourth-order valence-electron chi connectivity index (χ4n) is 5.68. The van der Waals surface area contributed by atoms with Gasteiger partial charge in [0.1, 0.15) is 0 Å². The molecule has 6 rings (SSSR count). The maximum atomic E-state index is 2.40. The van der Waals surface area contributed by atoms with E-state index in [4.69, 9.17) is 0 Å². The van der Waals surface area contributed by atoms with E-state index in [9.17, 15) is 0 Å². The topological polar surface area (TPSA) is 0 Å². The Morgan fingerprint density at radius 3 is 1.61 bits per heavy atom. The second kappa shape index (κ2) is 8.64. The minimum atomic E-state index is 0.0166. The fourth-order valence-corrected chi connectivity index (χ4v) is 5.68. The van der Waals surface area contributed by atoms with Gasteiger partial charge in [-0.05, 0) is 79.2 Å². The highest BCUT2D eigenvalue weighted by atomic mass is 14.4. The highest BCUT2D eigenvalue weighted by Gasteiger charge is 2.35. The summed E-state index contributed by atoms with van der Waals surface area (Å²) >= 11 is 0. The van der Waals surface area contributed by atoms with E-state index in [1.165, 1.54) is 61.2 Å². The van der Waals surface area contributed by atoms with Crippen LogP contribution in [0.1, 0.15) is 50.3 Å². The maximum Gasteiger partial charge on any atom is 0.0159 e. The number of hydrogen-bond acceptors (Lipinski definition) is 0. The van der Waals surface area contributed by atoms with E-state index in [1.54, 1.807) is 0 Å². The lowest BCUT2D eigenvalue weighted by Crippen LogP contribution is -2.14. The molecule has 0 unspecified atom stereocenters. The molecule has 0 fully saturated rings. The average Bonchev–Trinajstić information content (AvgIpc) is 3.15. The molecular weight excluding hydrogens is 432 g/mol. The second-order valence-corrected chi connectivity index (χ2v) is 10.9. The van der Waals surface area contributed by atoms with Crippen molar-refractivity contribution < 1.29 is 0 Å². The van der Waals surface area contributed by atoms with Crippen molar-refractivity contribution in [3.8, 4) is 44.5 Å². The van der Waals surface area contributed by atoms with E-state index < -0.39 is 0 Å². The van der Waals surface area contributed by atoms with Crippen LogP contribution in [0.4, 0.5) is 0 Å². The van der Waals surface area contributed by atoms with Gasteiger partial charge in [0.25, 0.3) is 0 Å². The summed E-state index contributed by atoms with van der Waals surface area (Å²) in [6, 6.07) is 42.7. The second-order valence-electron chi connectivity index (χ2n) is 10.9. The number of hydrogen-bond donors (Lipinski definition) is 0. The third-order valence-corrected chi connectivity index (χ3v) is 7.91. The zero-order valence-corrected chi connectivity index (χ0v) is 21.5. The van der Waals surface area contributed by atoms with Gasteiger partial charge in [-0.3, -0.25) is 0 Å². The average molecular weight is 465 g/mol. The Kier molecular flexibility index (Phi) is 5.41. The molecule has 0 atom stereocenters. The Labute approximate surface area is 215 Å². The molecule has 0 heterocycles. The quantitative estimate of drug-likeness (QED) is 0.248. The molecule has 1 aliphatic rings. The van der Waals surface area contributed by atoms with Gasteiger partial charge in [0.15, 0.2) is 0 Å². The van der Waals surface area contributed by atoms with Gasteiger partial charge in [-0.25, -0.2) is 0 Å². The van der Waals surface area contributed by atoms with Crippen molar-refractivity contribution in [3.63, 3.8) is 0 Å². The van der Waals surface area contributed by atoms with Crippen LogP contribution in [0.2, 0.25) is 0 Å². The van der Waals surface area contributed by atoms with E-state index >= 15 is 0 Å². The Balaban J connectivity index is 1.31. The van der Waals surface area contributed by atoms with Crippen LogP contribution in [0.3, 0.4) is 0 Å². The largest absolute Gasteiger partial charge is 0.0619 e. The Morgan fingerprint density at radius 1 is 0.444 bits per heavy atom. The van der Waals surface area contributed by atoms with Crippen LogP contribution in [0.25, 0.3) is 44.5 Å². The van der Waals surface area contributed by atoms with Crippen molar-refractivity contribution >= 4 is 0 Å². The summed E-state index contributed by atoms with van der Waals surface area (Å²) in [5, 5.41) is 0. The first kappa shape index (κ1) is 22.6. The molecule has 5 aromatic rings. The minimum Gasteiger partial charge on any atom is -0.0619 e. The van der Waals surface area contributed by atoms with E-state index in [0.29, 0.717) is 5.92 Å². The van der Waals surface area contributed by atoms with Crippen LogP contribution in [0, 0.1) is 0 Å². The Hall–Kier alpha value is -3.90. The summed E-state index contributed by atoms with van der Waals surface area (Å²) in [5.74, 6) is 0.556. The van der Waals surface area contributed by atoms with Crippen LogP contribution < -0.4 is 0 Å². The lowest BCUT2D eigenvalue weighted by atomic mass is 9.81. The smallest absolute Gasteiger partial charge is 0.0159 e. The number of rotatable bonds is 4. The molecule has 0 aromatic heterocycles. The van der Waals surface area contributed by atoms with Crippen LogP contribution in [0.5, 0.6) is 0 Å². The zero-order chi connectivity index (χ0) is 24.9. The van der Waals surface area contributed by atoms with Crippen molar-refractivity contribution in [1.82, 2.24) is 0 Å². The first-order valence-corrected chi connectivity index (χ1v) is 13.0. The van der Waals surface area contributed by atoms with Gasteiger partial charge in [0.2, 0.25) is 0 Å². The molecule has 0 heteroatoms. The zero-order valence-electron chi connectivity index (χ0n) is 21.5. The molecule has 176 valence electrons. The van der Waals surface area contributed by atoms with Crippen LogP contribution in [-0.4, -0.2) is 0 Å². The lowest BCUT2D eigenvalue weighted by Gasteiger charge is -2.22. The van der Waals surface area contributed by atoms with Gasteiger partial charge >= 0.3 is 0 Å². The fraction of sp³-hybridized carbons (Fsp3) is 0.167. The van der Waals surface area contributed by atoms with Gasteiger partial charge in [0.05, 0.1) is 0 Å². The van der Waals surface area contributed by atoms with Crippen molar-refractivity contribution in [2.24, 2.45) is 0 Å². The van der Waals surface area contributed by atoms with Gasteiger partial charge in [-0.1, -0.05) is 131 Å². The van der Waals surface area contributed by atoms with E-state index in [1.807, 2.05) is 0 Å². The molecule has 0 radical (unpaired) electrons. The summed E-state index contributed by atoms with van der Waals surface area (Å²) in [6.07, 6.45) is 0. The molecule has 0 spiro atoms. The molecule has 0 saturated carbocycles. The molecule has 5 aromatic carbocycles. The minimum absolute atomic E-state index is 0.0166. The molecule has 0 N–H and O–H groups in total. The van der Waals surface area contributed by atoms with E-state index in [-0.39, 0.29) is 5.41 Å². The van der Waals surface area contributed by atoms with Gasteiger partial charge in [-0.15, -0.1) is 0 Å². The predicted molar refractivity (Wildman–Crippen MR) is 154 cm³/mol. The summed E-state index contributed by atoms with van der Waals surface area (Å²) in [6.45, 7) is 9.16. The molecular formula is C36H32. The molecule has 0 amide bonds. The summed E-state index contributed by atoms with van der Waals surface area (Å²) < 4.78 is 0. The predicted octanol–water partition coefficient (Wildman–Crippen LogP) is 10.1. The number of fused-ring (bicyclic) bond motifs is 3. The Bertz CT molecular complexity index is 1550. The maximum absolute atomic E-state index is 2.40.